The molecule has 1 saturated carbocycles. The van der Waals surface area contributed by atoms with Crippen LogP contribution < -0.4 is 4.74 Å². The second-order valence-corrected chi connectivity index (χ2v) is 5.22. The summed E-state index contributed by atoms with van der Waals surface area (Å²) in [6.45, 7) is 6.36. The molecule has 3 atom stereocenters. The second-order valence-electron chi connectivity index (χ2n) is 5.22. The number of benzene rings is 1. The molecule has 1 aromatic rings. The molecule has 17 heavy (non-hydrogen) atoms. The Hall–Kier alpha value is -1.02. The van der Waals surface area contributed by atoms with Gasteiger partial charge in [0.15, 0.2) is 0 Å². The molecule has 0 radical (unpaired) electrons. The van der Waals surface area contributed by atoms with Crippen LogP contribution in [0.4, 0.5) is 0 Å². The van der Waals surface area contributed by atoms with Crippen LogP contribution in [0.25, 0.3) is 0 Å². The van der Waals surface area contributed by atoms with E-state index in [2.05, 4.69) is 32.9 Å². The zero-order chi connectivity index (χ0) is 12.5. The summed E-state index contributed by atoms with van der Waals surface area (Å²) in [6, 6.07) is 8.24. The summed E-state index contributed by atoms with van der Waals surface area (Å²) in [4.78, 5) is 0. The molecule has 3 unspecified atom stereocenters. The molecule has 1 aliphatic rings. The molecule has 0 aromatic heterocycles. The van der Waals surface area contributed by atoms with Crippen LogP contribution in [0.2, 0.25) is 0 Å². The molecule has 1 aromatic carbocycles. The summed E-state index contributed by atoms with van der Waals surface area (Å²) >= 11 is 0. The van der Waals surface area contributed by atoms with Gasteiger partial charge in [0.2, 0.25) is 0 Å². The van der Waals surface area contributed by atoms with E-state index in [1.807, 2.05) is 12.1 Å². The minimum absolute atomic E-state index is 0.0811. The van der Waals surface area contributed by atoms with Crippen molar-refractivity contribution in [3.05, 3.63) is 29.8 Å². The van der Waals surface area contributed by atoms with E-state index in [1.54, 1.807) is 0 Å². The normalized spacial score (nSPS) is 32.0. The van der Waals surface area contributed by atoms with Crippen molar-refractivity contribution in [1.29, 1.82) is 0 Å². The second kappa shape index (κ2) is 4.69. The summed E-state index contributed by atoms with van der Waals surface area (Å²) in [6.07, 6.45) is 2.66. The molecule has 2 rings (SSSR count). The van der Waals surface area contributed by atoms with Crippen molar-refractivity contribution in [3.63, 3.8) is 0 Å². The molecule has 1 aliphatic carbocycles. The third-order valence-electron chi connectivity index (χ3n) is 4.28. The lowest BCUT2D eigenvalue weighted by Crippen LogP contribution is -2.57. The van der Waals surface area contributed by atoms with Gasteiger partial charge >= 0.3 is 0 Å². The van der Waals surface area contributed by atoms with Crippen molar-refractivity contribution in [2.45, 2.75) is 52.2 Å². The Morgan fingerprint density at radius 2 is 2.18 bits per heavy atom. The highest BCUT2D eigenvalue weighted by Gasteiger charge is 2.51. The van der Waals surface area contributed by atoms with Crippen molar-refractivity contribution in [1.82, 2.24) is 0 Å². The highest BCUT2D eigenvalue weighted by Crippen LogP contribution is 2.45. The van der Waals surface area contributed by atoms with Gasteiger partial charge in [-0.05, 0) is 30.5 Å². The fourth-order valence-corrected chi connectivity index (χ4v) is 2.44. The van der Waals surface area contributed by atoms with Gasteiger partial charge in [-0.1, -0.05) is 32.9 Å². The molecule has 0 amide bonds. The van der Waals surface area contributed by atoms with Crippen LogP contribution in [0.5, 0.6) is 5.75 Å². The summed E-state index contributed by atoms with van der Waals surface area (Å²) in [7, 11) is 0. The first-order valence-electron chi connectivity index (χ1n) is 6.53. The molecule has 2 nitrogen and oxygen atoms in total. The van der Waals surface area contributed by atoms with Crippen molar-refractivity contribution < 1.29 is 9.84 Å². The fraction of sp³-hybridized carbons (Fsp3) is 0.600. The molecule has 0 heterocycles. The number of ether oxygens (including phenoxy) is 1. The van der Waals surface area contributed by atoms with Gasteiger partial charge in [-0.3, -0.25) is 0 Å². The quantitative estimate of drug-likeness (QED) is 0.867. The number of aliphatic hydroxyl groups excluding tert-OH is 1. The maximum absolute atomic E-state index is 9.84. The average Bonchev–Trinajstić information content (AvgIpc) is 2.37. The van der Waals surface area contributed by atoms with Crippen LogP contribution in [0.15, 0.2) is 24.3 Å². The lowest BCUT2D eigenvalue weighted by Gasteiger charge is -2.50. The lowest BCUT2D eigenvalue weighted by atomic mass is 9.63. The first kappa shape index (κ1) is 12.4. The fourth-order valence-electron chi connectivity index (χ4n) is 2.44. The molecule has 1 fully saturated rings. The Labute approximate surface area is 104 Å². The third kappa shape index (κ3) is 2.19. The van der Waals surface area contributed by atoms with Crippen molar-refractivity contribution in [2.24, 2.45) is 5.41 Å². The lowest BCUT2D eigenvalue weighted by molar-refractivity contribution is -0.147. The summed E-state index contributed by atoms with van der Waals surface area (Å²) in [5, 5.41) is 9.84. The molecule has 0 bridgehead atoms. The van der Waals surface area contributed by atoms with E-state index in [0.29, 0.717) is 0 Å². The maximum atomic E-state index is 9.84. The summed E-state index contributed by atoms with van der Waals surface area (Å²) in [5.74, 6) is 0.931. The predicted octanol–water partition coefficient (Wildman–Crippen LogP) is 3.18. The Morgan fingerprint density at radius 1 is 1.41 bits per heavy atom. The number of hydrogen-bond donors (Lipinski definition) is 1. The smallest absolute Gasteiger partial charge is 0.120 e. The number of aryl methyl sites for hydroxylation is 1. The van der Waals surface area contributed by atoms with Crippen LogP contribution >= 0.6 is 0 Å². The topological polar surface area (TPSA) is 29.5 Å². The minimum Gasteiger partial charge on any atom is -0.490 e. The number of aliphatic hydroxyl groups is 1. The molecule has 0 aliphatic heterocycles. The van der Waals surface area contributed by atoms with Crippen molar-refractivity contribution >= 4 is 0 Å². The highest BCUT2D eigenvalue weighted by molar-refractivity contribution is 5.29. The van der Waals surface area contributed by atoms with E-state index >= 15 is 0 Å². The van der Waals surface area contributed by atoms with Gasteiger partial charge in [-0.25, -0.2) is 0 Å². The van der Waals surface area contributed by atoms with Crippen molar-refractivity contribution in [3.8, 4) is 5.75 Å². The number of hydrogen-bond acceptors (Lipinski definition) is 2. The summed E-state index contributed by atoms with van der Waals surface area (Å²) < 4.78 is 6.01. The highest BCUT2D eigenvalue weighted by atomic mass is 16.5. The van der Waals surface area contributed by atoms with E-state index < -0.39 is 0 Å². The number of rotatable bonds is 4. The molecule has 2 heteroatoms. The molecular formula is C15H22O2. The van der Waals surface area contributed by atoms with E-state index in [0.717, 1.165) is 25.0 Å². The van der Waals surface area contributed by atoms with Gasteiger partial charge in [0.1, 0.15) is 11.9 Å². The van der Waals surface area contributed by atoms with Crippen LogP contribution in [-0.2, 0) is 6.42 Å². The van der Waals surface area contributed by atoms with Gasteiger partial charge in [0.05, 0.1) is 6.10 Å². The standard InChI is InChI=1S/C15H22O2/c1-4-11-7-6-8-12(9-11)17-14-10-13(16)15(14,3)5-2/h6-9,13-14,16H,4-5,10H2,1-3H3. The Balaban J connectivity index is 2.06. The van der Waals surface area contributed by atoms with E-state index in [4.69, 9.17) is 4.74 Å². The molecular weight excluding hydrogens is 212 g/mol. The Kier molecular flexibility index (Phi) is 3.43. The summed E-state index contributed by atoms with van der Waals surface area (Å²) in [5.41, 5.74) is 1.21. The monoisotopic (exact) mass is 234 g/mol. The predicted molar refractivity (Wildman–Crippen MR) is 69.3 cm³/mol. The van der Waals surface area contributed by atoms with Gasteiger partial charge in [0, 0.05) is 11.8 Å². The zero-order valence-electron chi connectivity index (χ0n) is 10.9. The van der Waals surface area contributed by atoms with Crippen LogP contribution in [0.1, 0.15) is 39.2 Å². The van der Waals surface area contributed by atoms with E-state index in [-0.39, 0.29) is 17.6 Å². The van der Waals surface area contributed by atoms with Crippen LogP contribution in [-0.4, -0.2) is 17.3 Å². The first-order chi connectivity index (χ1) is 8.10. The maximum Gasteiger partial charge on any atom is 0.120 e. The largest absolute Gasteiger partial charge is 0.490 e. The molecule has 0 saturated heterocycles. The SMILES string of the molecule is CCc1cccc(OC2CC(O)C2(C)CC)c1. The van der Waals surface area contributed by atoms with E-state index in [9.17, 15) is 5.11 Å². The van der Waals surface area contributed by atoms with Crippen LogP contribution in [0.3, 0.4) is 0 Å². The minimum atomic E-state index is -0.216. The average molecular weight is 234 g/mol. The van der Waals surface area contributed by atoms with Crippen molar-refractivity contribution in [2.75, 3.05) is 0 Å². The molecule has 94 valence electrons. The Bertz CT molecular complexity index is 388. The Morgan fingerprint density at radius 3 is 2.76 bits per heavy atom. The van der Waals surface area contributed by atoms with Gasteiger partial charge in [0.25, 0.3) is 0 Å². The van der Waals surface area contributed by atoms with Gasteiger partial charge in [-0.2, -0.15) is 0 Å². The molecule has 1 N–H and O–H groups in total. The van der Waals surface area contributed by atoms with E-state index in [1.165, 1.54) is 5.56 Å². The molecule has 0 spiro atoms. The van der Waals surface area contributed by atoms with Gasteiger partial charge < -0.3 is 9.84 Å². The third-order valence-corrected chi connectivity index (χ3v) is 4.28. The first-order valence-corrected chi connectivity index (χ1v) is 6.53. The zero-order valence-corrected chi connectivity index (χ0v) is 10.9. The van der Waals surface area contributed by atoms with Crippen LogP contribution in [0, 0.1) is 5.41 Å². The van der Waals surface area contributed by atoms with Gasteiger partial charge in [-0.15, -0.1) is 0 Å².